The maximum absolute atomic E-state index is 13.1. The summed E-state index contributed by atoms with van der Waals surface area (Å²) in [5.41, 5.74) is 2.29. The van der Waals surface area contributed by atoms with Crippen LogP contribution in [0.2, 0.25) is 0 Å². The minimum Gasteiger partial charge on any atom is -0.454 e. The Bertz CT molecular complexity index is 886. The standard InChI is InChI=1S/C27H38O5/c1-16(2)13-18(29)9-8-10-21-24-22(14-17(3)28)32-25(30)23(24)19-15-27(21,6)12-11-20(19)26(4,5)31-7/h8,10,13,19-22H,9,11-12,14-15H2,1-7H3/b10-8+/t19-,20+,21-,22-,27-/m0/s1. The number of fused-ring (bicyclic) bond motifs is 3. The van der Waals surface area contributed by atoms with E-state index < -0.39 is 6.10 Å². The molecule has 176 valence electrons. The summed E-state index contributed by atoms with van der Waals surface area (Å²) in [6.07, 6.45) is 8.54. The lowest BCUT2D eigenvalue weighted by Crippen LogP contribution is -2.50. The summed E-state index contributed by atoms with van der Waals surface area (Å²) in [4.78, 5) is 37.3. The molecule has 5 heteroatoms. The zero-order valence-electron chi connectivity index (χ0n) is 20.6. The highest BCUT2D eigenvalue weighted by Gasteiger charge is 2.57. The van der Waals surface area contributed by atoms with E-state index in [1.807, 2.05) is 19.9 Å². The van der Waals surface area contributed by atoms with Crippen LogP contribution >= 0.6 is 0 Å². The molecule has 5 nitrogen and oxygen atoms in total. The van der Waals surface area contributed by atoms with Crippen LogP contribution in [0.1, 0.15) is 73.6 Å². The van der Waals surface area contributed by atoms with Crippen molar-refractivity contribution in [2.45, 2.75) is 85.4 Å². The number of carbonyl (C=O) groups excluding carboxylic acids is 3. The quantitative estimate of drug-likeness (QED) is 0.295. The van der Waals surface area contributed by atoms with E-state index >= 15 is 0 Å². The van der Waals surface area contributed by atoms with Crippen LogP contribution in [0, 0.1) is 23.2 Å². The van der Waals surface area contributed by atoms with Gasteiger partial charge in [-0.15, -0.1) is 0 Å². The van der Waals surface area contributed by atoms with E-state index in [0.29, 0.717) is 6.42 Å². The maximum atomic E-state index is 13.1. The Morgan fingerprint density at radius 3 is 2.53 bits per heavy atom. The van der Waals surface area contributed by atoms with Gasteiger partial charge in [0.05, 0.1) is 5.60 Å². The normalized spacial score (nSPS) is 32.0. The Kier molecular flexibility index (Phi) is 6.99. The van der Waals surface area contributed by atoms with Gasteiger partial charge in [0.1, 0.15) is 11.9 Å². The van der Waals surface area contributed by atoms with E-state index in [9.17, 15) is 14.4 Å². The first-order chi connectivity index (χ1) is 14.9. The second-order valence-electron chi connectivity index (χ2n) is 10.9. The highest BCUT2D eigenvalue weighted by atomic mass is 16.5. The SMILES string of the molecule is COC(C)(C)[C@@H]1CC[C@@]2(C)C[C@@H]1C1=C([C@H](CC(C)=O)OC1=O)[C@@H]2/C=C/CC(=O)C=C(C)C. The maximum Gasteiger partial charge on any atom is 0.335 e. The van der Waals surface area contributed by atoms with E-state index in [1.54, 1.807) is 13.2 Å². The summed E-state index contributed by atoms with van der Waals surface area (Å²) in [5.74, 6) is 0.0387. The molecule has 0 saturated heterocycles. The van der Waals surface area contributed by atoms with Crippen molar-refractivity contribution >= 4 is 17.5 Å². The molecule has 0 N–H and O–H groups in total. The molecule has 0 aromatic heterocycles. The third kappa shape index (κ3) is 4.68. The largest absolute Gasteiger partial charge is 0.454 e. The van der Waals surface area contributed by atoms with E-state index in [0.717, 1.165) is 36.0 Å². The third-order valence-electron chi connectivity index (χ3n) is 7.77. The molecule has 0 amide bonds. The first kappa shape index (κ1) is 24.6. The van der Waals surface area contributed by atoms with Crippen LogP contribution in [0.3, 0.4) is 0 Å². The first-order valence-corrected chi connectivity index (χ1v) is 11.7. The van der Waals surface area contributed by atoms with Crippen LogP contribution in [-0.2, 0) is 23.9 Å². The van der Waals surface area contributed by atoms with Gasteiger partial charge < -0.3 is 9.47 Å². The minimum atomic E-state index is -0.510. The van der Waals surface area contributed by atoms with Crippen molar-refractivity contribution in [2.75, 3.05) is 7.11 Å². The van der Waals surface area contributed by atoms with Crippen LogP contribution < -0.4 is 0 Å². The number of rotatable bonds is 8. The summed E-state index contributed by atoms with van der Waals surface area (Å²) in [5, 5.41) is 0. The number of esters is 1. The van der Waals surface area contributed by atoms with Gasteiger partial charge in [-0.3, -0.25) is 9.59 Å². The molecule has 3 aliphatic rings. The number of hydrogen-bond acceptors (Lipinski definition) is 5. The number of hydrogen-bond donors (Lipinski definition) is 0. The van der Waals surface area contributed by atoms with Gasteiger partial charge in [-0.05, 0) is 82.8 Å². The highest BCUT2D eigenvalue weighted by Crippen LogP contribution is 2.61. The molecular weight excluding hydrogens is 404 g/mol. The fourth-order valence-corrected chi connectivity index (χ4v) is 6.11. The van der Waals surface area contributed by atoms with Gasteiger partial charge in [0.25, 0.3) is 0 Å². The molecule has 0 radical (unpaired) electrons. The Hall–Kier alpha value is -2.01. The predicted octanol–water partition coefficient (Wildman–Crippen LogP) is 5.15. The van der Waals surface area contributed by atoms with Crippen molar-refractivity contribution in [3.63, 3.8) is 0 Å². The molecule has 3 rings (SSSR count). The van der Waals surface area contributed by atoms with Crippen LogP contribution in [0.25, 0.3) is 0 Å². The number of Topliss-reactive ketones (excluding diaryl/α,β-unsaturated/α-hetero) is 1. The van der Waals surface area contributed by atoms with Gasteiger partial charge in [0.2, 0.25) is 0 Å². The first-order valence-electron chi connectivity index (χ1n) is 11.7. The number of carbonyl (C=O) groups is 3. The van der Waals surface area contributed by atoms with Crippen molar-refractivity contribution in [1.82, 2.24) is 0 Å². The molecule has 0 aromatic rings. The van der Waals surface area contributed by atoms with Crippen molar-refractivity contribution in [3.8, 4) is 0 Å². The molecule has 2 aliphatic carbocycles. The van der Waals surface area contributed by atoms with Crippen LogP contribution in [0.15, 0.2) is 34.9 Å². The summed E-state index contributed by atoms with van der Waals surface area (Å²) in [7, 11) is 1.73. The number of cyclic esters (lactones) is 1. The van der Waals surface area contributed by atoms with E-state index in [1.165, 1.54) is 6.92 Å². The Morgan fingerprint density at radius 2 is 1.94 bits per heavy atom. The summed E-state index contributed by atoms with van der Waals surface area (Å²) >= 11 is 0. The molecule has 1 aliphatic heterocycles. The van der Waals surface area contributed by atoms with Crippen LogP contribution in [-0.4, -0.2) is 36.4 Å². The Balaban J connectivity index is 2.05. The molecule has 1 heterocycles. The number of ether oxygens (including phenoxy) is 2. The fourth-order valence-electron chi connectivity index (χ4n) is 6.11. The number of ketones is 2. The molecule has 1 fully saturated rings. The van der Waals surface area contributed by atoms with Gasteiger partial charge in [0.15, 0.2) is 5.78 Å². The molecule has 0 unspecified atom stereocenters. The number of methoxy groups -OCH3 is 1. The topological polar surface area (TPSA) is 69.7 Å². The van der Waals surface area contributed by atoms with E-state index in [-0.39, 0.29) is 52.7 Å². The summed E-state index contributed by atoms with van der Waals surface area (Å²) in [6, 6.07) is 0. The minimum absolute atomic E-state index is 0.00710. The van der Waals surface area contributed by atoms with Gasteiger partial charge in [-0.2, -0.15) is 0 Å². The van der Waals surface area contributed by atoms with Crippen LogP contribution in [0.5, 0.6) is 0 Å². The average molecular weight is 443 g/mol. The Labute approximate surface area is 192 Å². The molecule has 5 atom stereocenters. The van der Waals surface area contributed by atoms with Crippen molar-refractivity contribution in [3.05, 3.63) is 34.9 Å². The monoisotopic (exact) mass is 442 g/mol. The second kappa shape index (κ2) is 9.09. The molecule has 2 bridgehead atoms. The highest BCUT2D eigenvalue weighted by molar-refractivity contribution is 5.95. The zero-order chi connectivity index (χ0) is 23.8. The van der Waals surface area contributed by atoms with Crippen molar-refractivity contribution < 1.29 is 23.9 Å². The zero-order valence-corrected chi connectivity index (χ0v) is 20.6. The lowest BCUT2D eigenvalue weighted by atomic mass is 9.51. The molecule has 0 aromatic carbocycles. The number of allylic oxidation sites excluding steroid dienone is 4. The summed E-state index contributed by atoms with van der Waals surface area (Å²) in [6.45, 7) is 11.8. The smallest absolute Gasteiger partial charge is 0.335 e. The molecule has 32 heavy (non-hydrogen) atoms. The van der Waals surface area contributed by atoms with Crippen LogP contribution in [0.4, 0.5) is 0 Å². The van der Waals surface area contributed by atoms with E-state index in [2.05, 4.69) is 26.8 Å². The lowest BCUT2D eigenvalue weighted by Gasteiger charge is -2.54. The molecule has 1 saturated carbocycles. The van der Waals surface area contributed by atoms with Gasteiger partial charge in [-0.1, -0.05) is 24.6 Å². The van der Waals surface area contributed by atoms with E-state index in [4.69, 9.17) is 9.47 Å². The predicted molar refractivity (Wildman–Crippen MR) is 124 cm³/mol. The van der Waals surface area contributed by atoms with Gasteiger partial charge in [0, 0.05) is 31.4 Å². The molecule has 0 spiro atoms. The average Bonchev–Trinajstić information content (AvgIpc) is 2.98. The van der Waals surface area contributed by atoms with Crippen molar-refractivity contribution in [1.29, 1.82) is 0 Å². The third-order valence-corrected chi connectivity index (χ3v) is 7.77. The summed E-state index contributed by atoms with van der Waals surface area (Å²) < 4.78 is 11.6. The van der Waals surface area contributed by atoms with Gasteiger partial charge >= 0.3 is 5.97 Å². The van der Waals surface area contributed by atoms with Gasteiger partial charge in [-0.25, -0.2) is 4.79 Å². The van der Waals surface area contributed by atoms with Crippen molar-refractivity contribution in [2.24, 2.45) is 23.2 Å². The molecular formula is C27H38O5. The lowest BCUT2D eigenvalue weighted by molar-refractivity contribution is -0.142. The Morgan fingerprint density at radius 1 is 1.25 bits per heavy atom. The fraction of sp³-hybridized carbons (Fsp3) is 0.667. The second-order valence-corrected chi connectivity index (χ2v) is 10.9.